The molecule has 0 spiro atoms. The molecule has 5 rings (SSSR count). The first-order valence-corrected chi connectivity index (χ1v) is 11.3. The summed E-state index contributed by atoms with van der Waals surface area (Å²) in [7, 11) is 0. The molecule has 3 aromatic carbocycles. The Bertz CT molecular complexity index is 1250. The molecule has 0 aliphatic carbocycles. The number of amides is 1. The first-order valence-electron chi connectivity index (χ1n) is 11.3. The van der Waals surface area contributed by atoms with Crippen molar-refractivity contribution in [3.63, 3.8) is 0 Å². The van der Waals surface area contributed by atoms with E-state index in [4.69, 9.17) is 5.73 Å². The van der Waals surface area contributed by atoms with Gasteiger partial charge in [-0.2, -0.15) is 0 Å². The number of H-pyrrole nitrogens is 1. The lowest BCUT2D eigenvalue weighted by Gasteiger charge is -2.24. The molecule has 0 radical (unpaired) electrons. The van der Waals surface area contributed by atoms with Crippen LogP contribution in [-0.2, 0) is 6.54 Å². The Morgan fingerprint density at radius 3 is 2.58 bits per heavy atom. The van der Waals surface area contributed by atoms with Gasteiger partial charge < -0.3 is 16.0 Å². The van der Waals surface area contributed by atoms with Gasteiger partial charge in [-0.05, 0) is 47.4 Å². The monoisotopic (exact) mass is 442 g/mol. The lowest BCUT2D eigenvalue weighted by atomic mass is 10.0. The molecule has 168 valence electrons. The molecule has 6 heteroatoms. The van der Waals surface area contributed by atoms with Crippen LogP contribution in [0.1, 0.15) is 22.5 Å². The fourth-order valence-electron chi connectivity index (χ4n) is 4.62. The lowest BCUT2D eigenvalue weighted by Crippen LogP contribution is -2.39. The Hall–Kier alpha value is -3.48. The van der Waals surface area contributed by atoms with Crippen LogP contribution in [0.4, 0.5) is 4.39 Å². The van der Waals surface area contributed by atoms with Gasteiger partial charge in [0.25, 0.3) is 5.91 Å². The Balaban J connectivity index is 1.26. The number of nitrogens with zero attached hydrogens (tertiary/aromatic N) is 1. The van der Waals surface area contributed by atoms with Crippen LogP contribution in [0.15, 0.2) is 78.9 Å². The van der Waals surface area contributed by atoms with Crippen LogP contribution < -0.4 is 11.1 Å². The third-order valence-corrected chi connectivity index (χ3v) is 6.33. The van der Waals surface area contributed by atoms with Crippen LogP contribution in [0.25, 0.3) is 22.0 Å². The van der Waals surface area contributed by atoms with Gasteiger partial charge >= 0.3 is 0 Å². The topological polar surface area (TPSA) is 74.1 Å². The van der Waals surface area contributed by atoms with E-state index in [1.54, 1.807) is 12.1 Å². The van der Waals surface area contributed by atoms with Crippen molar-refractivity contribution in [1.82, 2.24) is 15.2 Å². The van der Waals surface area contributed by atoms with Gasteiger partial charge in [0.05, 0.1) is 0 Å². The van der Waals surface area contributed by atoms with E-state index in [-0.39, 0.29) is 23.8 Å². The van der Waals surface area contributed by atoms with E-state index in [9.17, 15) is 9.18 Å². The van der Waals surface area contributed by atoms with Crippen molar-refractivity contribution in [2.45, 2.75) is 25.0 Å². The molecule has 1 aliphatic heterocycles. The second kappa shape index (κ2) is 9.17. The Labute approximate surface area is 192 Å². The molecule has 5 nitrogen and oxygen atoms in total. The van der Waals surface area contributed by atoms with Crippen LogP contribution in [0.3, 0.4) is 0 Å². The quantitative estimate of drug-likeness (QED) is 0.417. The molecule has 0 saturated carbocycles. The number of carbonyl (C=O) groups excluding carboxylic acids is 1. The SMILES string of the molecule is N[C@H]1C[C@@H](CNC(=O)c2cc3ccc(-c4ccc(F)cc4)cc3[nH]2)N(Cc2ccccc2)C1. The van der Waals surface area contributed by atoms with E-state index < -0.39 is 0 Å². The van der Waals surface area contributed by atoms with Crippen LogP contribution in [0.5, 0.6) is 0 Å². The zero-order chi connectivity index (χ0) is 22.8. The number of hydrogen-bond donors (Lipinski definition) is 3. The molecule has 33 heavy (non-hydrogen) atoms. The predicted molar refractivity (Wildman–Crippen MR) is 129 cm³/mol. The number of halogens is 1. The average molecular weight is 443 g/mol. The van der Waals surface area contributed by atoms with E-state index in [1.807, 2.05) is 42.5 Å². The summed E-state index contributed by atoms with van der Waals surface area (Å²) < 4.78 is 13.2. The van der Waals surface area contributed by atoms with Crippen molar-refractivity contribution in [3.8, 4) is 11.1 Å². The van der Waals surface area contributed by atoms with E-state index in [0.717, 1.165) is 41.5 Å². The molecule has 1 fully saturated rings. The Morgan fingerprint density at radius 1 is 1.03 bits per heavy atom. The van der Waals surface area contributed by atoms with Crippen LogP contribution in [0.2, 0.25) is 0 Å². The second-order valence-electron chi connectivity index (χ2n) is 8.77. The summed E-state index contributed by atoms with van der Waals surface area (Å²) >= 11 is 0. The highest BCUT2D eigenvalue weighted by Gasteiger charge is 2.30. The van der Waals surface area contributed by atoms with Crippen molar-refractivity contribution in [1.29, 1.82) is 0 Å². The van der Waals surface area contributed by atoms with Gasteiger partial charge in [-0.3, -0.25) is 9.69 Å². The van der Waals surface area contributed by atoms with Crippen LogP contribution in [0, 0.1) is 5.82 Å². The first kappa shape index (κ1) is 21.4. The van der Waals surface area contributed by atoms with Crippen molar-refractivity contribution >= 4 is 16.8 Å². The summed E-state index contributed by atoms with van der Waals surface area (Å²) in [5.41, 5.74) is 10.8. The summed E-state index contributed by atoms with van der Waals surface area (Å²) in [5.74, 6) is -0.390. The molecule has 1 aromatic heterocycles. The molecular weight excluding hydrogens is 415 g/mol. The van der Waals surface area contributed by atoms with Gasteiger partial charge in [-0.1, -0.05) is 54.6 Å². The normalized spacial score (nSPS) is 18.6. The maximum absolute atomic E-state index is 13.2. The molecule has 1 saturated heterocycles. The molecule has 0 unspecified atom stereocenters. The Morgan fingerprint density at radius 2 is 1.79 bits per heavy atom. The van der Waals surface area contributed by atoms with E-state index in [1.165, 1.54) is 17.7 Å². The number of nitrogens with one attached hydrogen (secondary N) is 2. The fraction of sp³-hybridized carbons (Fsp3) is 0.222. The number of aromatic nitrogens is 1. The number of hydrogen-bond acceptors (Lipinski definition) is 3. The summed E-state index contributed by atoms with van der Waals surface area (Å²) in [6, 6.07) is 24.8. The molecular formula is C27H27FN4O. The maximum atomic E-state index is 13.2. The minimum atomic E-state index is -0.260. The van der Waals surface area contributed by atoms with Gasteiger partial charge in [0.1, 0.15) is 11.5 Å². The minimum absolute atomic E-state index is 0.119. The summed E-state index contributed by atoms with van der Waals surface area (Å²) in [4.78, 5) is 18.5. The number of rotatable bonds is 6. The number of nitrogens with two attached hydrogens (primary N) is 1. The molecule has 2 heterocycles. The second-order valence-corrected chi connectivity index (χ2v) is 8.77. The number of likely N-dealkylation sites (tertiary alicyclic amines) is 1. The van der Waals surface area contributed by atoms with Crippen molar-refractivity contribution in [3.05, 3.63) is 95.9 Å². The zero-order valence-electron chi connectivity index (χ0n) is 18.3. The average Bonchev–Trinajstić information content (AvgIpc) is 3.41. The number of fused-ring (bicyclic) bond motifs is 1. The molecule has 0 bridgehead atoms. The van der Waals surface area contributed by atoms with Gasteiger partial charge in [-0.15, -0.1) is 0 Å². The standard InChI is InChI=1S/C27H27FN4O/c28-22-10-8-19(9-11-22)20-6-7-21-13-26(31-25(21)12-20)27(33)30-15-24-14-23(29)17-32(24)16-18-4-2-1-3-5-18/h1-13,23-24,31H,14-17,29H2,(H,30,33)/t23-,24-/m0/s1. The number of aromatic amines is 1. The molecule has 4 aromatic rings. The van der Waals surface area contributed by atoms with Crippen molar-refractivity contribution < 1.29 is 9.18 Å². The van der Waals surface area contributed by atoms with Gasteiger partial charge in [-0.25, -0.2) is 4.39 Å². The van der Waals surface area contributed by atoms with Gasteiger partial charge in [0, 0.05) is 42.6 Å². The summed E-state index contributed by atoms with van der Waals surface area (Å²) in [5, 5.41) is 4.04. The summed E-state index contributed by atoms with van der Waals surface area (Å²) in [6.07, 6.45) is 0.862. The minimum Gasteiger partial charge on any atom is -0.351 e. The van der Waals surface area contributed by atoms with Gasteiger partial charge in [0.15, 0.2) is 0 Å². The molecule has 2 atom stereocenters. The van der Waals surface area contributed by atoms with E-state index >= 15 is 0 Å². The van der Waals surface area contributed by atoms with Gasteiger partial charge in [0.2, 0.25) is 0 Å². The smallest absolute Gasteiger partial charge is 0.267 e. The third kappa shape index (κ3) is 4.82. The van der Waals surface area contributed by atoms with Crippen molar-refractivity contribution in [2.75, 3.05) is 13.1 Å². The molecule has 1 amide bonds. The van der Waals surface area contributed by atoms with E-state index in [2.05, 4.69) is 27.3 Å². The third-order valence-electron chi connectivity index (χ3n) is 6.33. The predicted octanol–water partition coefficient (Wildman–Crippen LogP) is 4.31. The van der Waals surface area contributed by atoms with E-state index in [0.29, 0.717) is 12.2 Å². The lowest BCUT2D eigenvalue weighted by molar-refractivity contribution is 0.0935. The molecule has 1 aliphatic rings. The first-order chi connectivity index (χ1) is 16.0. The Kier molecular flexibility index (Phi) is 5.94. The highest BCUT2D eigenvalue weighted by atomic mass is 19.1. The zero-order valence-corrected chi connectivity index (χ0v) is 18.3. The van der Waals surface area contributed by atoms with Crippen LogP contribution >= 0.6 is 0 Å². The maximum Gasteiger partial charge on any atom is 0.267 e. The van der Waals surface area contributed by atoms with Crippen molar-refractivity contribution in [2.24, 2.45) is 5.73 Å². The number of carbonyl (C=O) groups is 1. The summed E-state index contributed by atoms with van der Waals surface area (Å²) in [6.45, 7) is 2.21. The highest BCUT2D eigenvalue weighted by molar-refractivity contribution is 5.98. The van der Waals surface area contributed by atoms with Crippen LogP contribution in [-0.4, -0.2) is 41.0 Å². The number of benzene rings is 3. The fourth-order valence-corrected chi connectivity index (χ4v) is 4.62. The largest absolute Gasteiger partial charge is 0.351 e. The molecule has 4 N–H and O–H groups in total. The highest BCUT2D eigenvalue weighted by Crippen LogP contribution is 2.25.